The van der Waals surface area contributed by atoms with Crippen LogP contribution in [0.2, 0.25) is 0 Å². The highest BCUT2D eigenvalue weighted by Gasteiger charge is 2.01. The maximum Gasteiger partial charge on any atom is 0.174 e. The van der Waals surface area contributed by atoms with Crippen LogP contribution < -0.4 is 0 Å². The summed E-state index contributed by atoms with van der Waals surface area (Å²) in [7, 11) is 0. The van der Waals surface area contributed by atoms with Crippen molar-refractivity contribution in [3.8, 4) is 0 Å². The molecule has 2 heterocycles. The number of H-pyrrole nitrogens is 1. The zero-order valence-corrected chi connectivity index (χ0v) is 8.65. The van der Waals surface area contributed by atoms with Gasteiger partial charge in [-0.15, -0.1) is 10.2 Å². The Kier molecular flexibility index (Phi) is 2.60. The van der Waals surface area contributed by atoms with Crippen molar-refractivity contribution < 1.29 is 0 Å². The largest absolute Gasteiger partial charge is 0.285 e. The predicted octanol–water partition coefficient (Wildman–Crippen LogP) is 1.86. The molecule has 0 saturated carbocycles. The molecular weight excluding hydrogens is 204 g/mol. The number of rotatable bonds is 3. The molecule has 0 radical (unpaired) electrons. The quantitative estimate of drug-likeness (QED) is 0.789. The van der Waals surface area contributed by atoms with Crippen LogP contribution in [0.25, 0.3) is 0 Å². The summed E-state index contributed by atoms with van der Waals surface area (Å²) in [6.07, 6.45) is 3.71. The van der Waals surface area contributed by atoms with E-state index in [0.717, 1.165) is 15.1 Å². The second kappa shape index (κ2) is 3.89. The van der Waals surface area contributed by atoms with Crippen molar-refractivity contribution in [2.24, 2.45) is 0 Å². The van der Waals surface area contributed by atoms with Gasteiger partial charge in [-0.1, -0.05) is 23.1 Å². The lowest BCUT2D eigenvalue weighted by molar-refractivity contribution is 0.983. The zero-order valence-electron chi connectivity index (χ0n) is 7.02. The molecule has 0 spiro atoms. The fourth-order valence-corrected chi connectivity index (χ4v) is 2.58. The van der Waals surface area contributed by atoms with Gasteiger partial charge in [0.2, 0.25) is 0 Å². The highest BCUT2D eigenvalue weighted by Crippen LogP contribution is 2.24. The van der Waals surface area contributed by atoms with Crippen molar-refractivity contribution in [2.75, 3.05) is 0 Å². The first kappa shape index (κ1) is 8.71. The Morgan fingerprint density at radius 3 is 3.08 bits per heavy atom. The normalized spacial score (nSPS) is 10.5. The molecule has 2 aromatic heterocycles. The van der Waals surface area contributed by atoms with Gasteiger partial charge >= 0.3 is 0 Å². The van der Waals surface area contributed by atoms with Gasteiger partial charge in [-0.3, -0.25) is 5.10 Å². The summed E-state index contributed by atoms with van der Waals surface area (Å²) in [5.41, 5.74) is 1.18. The van der Waals surface area contributed by atoms with E-state index in [-0.39, 0.29) is 0 Å². The zero-order chi connectivity index (χ0) is 9.10. The molecule has 2 aromatic rings. The maximum absolute atomic E-state index is 4.02. The first-order chi connectivity index (χ1) is 6.34. The van der Waals surface area contributed by atoms with Gasteiger partial charge in [0.25, 0.3) is 0 Å². The van der Waals surface area contributed by atoms with Crippen molar-refractivity contribution in [2.45, 2.75) is 17.0 Å². The van der Waals surface area contributed by atoms with Crippen LogP contribution in [-0.4, -0.2) is 20.4 Å². The summed E-state index contributed by atoms with van der Waals surface area (Å²) in [5.74, 6) is 0.894. The molecule has 6 heteroatoms. The molecule has 4 nitrogen and oxygen atoms in total. The first-order valence-electron chi connectivity index (χ1n) is 3.75. The molecule has 0 aromatic carbocycles. The van der Waals surface area contributed by atoms with E-state index in [1.54, 1.807) is 23.1 Å². The molecular formula is C7H8N4S2. The number of aryl methyl sites for hydroxylation is 1. The van der Waals surface area contributed by atoms with Gasteiger partial charge < -0.3 is 0 Å². The molecule has 0 aliphatic rings. The standard InChI is InChI=1S/C7H8N4S2/c1-5-10-11-7(13-5)12-4-6-2-8-9-3-6/h2-3H,4H2,1H3,(H,8,9). The summed E-state index contributed by atoms with van der Waals surface area (Å²) in [5, 5.41) is 15.6. The van der Waals surface area contributed by atoms with Crippen LogP contribution >= 0.6 is 23.1 Å². The van der Waals surface area contributed by atoms with Gasteiger partial charge in [-0.05, 0) is 6.92 Å². The molecule has 2 rings (SSSR count). The molecule has 68 valence electrons. The Balaban J connectivity index is 1.93. The van der Waals surface area contributed by atoms with Crippen LogP contribution in [0.5, 0.6) is 0 Å². The third kappa shape index (κ3) is 2.28. The van der Waals surface area contributed by atoms with Crippen LogP contribution in [0.4, 0.5) is 0 Å². The van der Waals surface area contributed by atoms with E-state index in [4.69, 9.17) is 0 Å². The van der Waals surface area contributed by atoms with Crippen molar-refractivity contribution in [3.05, 3.63) is 23.0 Å². The number of aromatic nitrogens is 4. The summed E-state index contributed by atoms with van der Waals surface area (Å²) in [4.78, 5) is 0. The molecule has 0 fully saturated rings. The Bertz CT molecular complexity index is 368. The Morgan fingerprint density at radius 2 is 2.46 bits per heavy atom. The average Bonchev–Trinajstić information content (AvgIpc) is 2.71. The van der Waals surface area contributed by atoms with Gasteiger partial charge in [-0.2, -0.15) is 5.10 Å². The number of aromatic amines is 1. The van der Waals surface area contributed by atoms with Gasteiger partial charge in [-0.25, -0.2) is 0 Å². The highest BCUT2D eigenvalue weighted by atomic mass is 32.2. The minimum Gasteiger partial charge on any atom is -0.285 e. The molecule has 0 saturated heterocycles. The highest BCUT2D eigenvalue weighted by molar-refractivity contribution is 8.00. The van der Waals surface area contributed by atoms with Gasteiger partial charge in [0, 0.05) is 17.5 Å². The lowest BCUT2D eigenvalue weighted by atomic mass is 10.4. The van der Waals surface area contributed by atoms with Crippen LogP contribution in [-0.2, 0) is 5.75 Å². The van der Waals surface area contributed by atoms with Crippen molar-refractivity contribution >= 4 is 23.1 Å². The fourth-order valence-electron chi connectivity index (χ4n) is 0.838. The lowest BCUT2D eigenvalue weighted by Gasteiger charge is -1.90. The monoisotopic (exact) mass is 212 g/mol. The predicted molar refractivity (Wildman–Crippen MR) is 52.8 cm³/mol. The molecule has 0 aliphatic heterocycles. The smallest absolute Gasteiger partial charge is 0.174 e. The third-order valence-electron chi connectivity index (χ3n) is 1.42. The third-order valence-corrected chi connectivity index (χ3v) is 3.47. The van der Waals surface area contributed by atoms with Crippen LogP contribution in [0, 0.1) is 6.92 Å². The number of nitrogens with one attached hydrogen (secondary N) is 1. The SMILES string of the molecule is Cc1nnc(SCc2cn[nH]c2)s1. The second-order valence-corrected chi connectivity index (χ2v) is 4.89. The Morgan fingerprint density at radius 1 is 1.54 bits per heavy atom. The van der Waals surface area contributed by atoms with Crippen molar-refractivity contribution in [3.63, 3.8) is 0 Å². The number of nitrogens with zero attached hydrogens (tertiary/aromatic N) is 3. The van der Waals surface area contributed by atoms with Gasteiger partial charge in [0.05, 0.1) is 6.20 Å². The molecule has 0 amide bonds. The summed E-state index contributed by atoms with van der Waals surface area (Å²) in [6.45, 7) is 1.96. The van der Waals surface area contributed by atoms with Crippen LogP contribution in [0.1, 0.15) is 10.6 Å². The molecule has 0 atom stereocenters. The summed E-state index contributed by atoms with van der Waals surface area (Å²) in [6, 6.07) is 0. The minimum atomic E-state index is 0.894. The average molecular weight is 212 g/mol. The van der Waals surface area contributed by atoms with E-state index >= 15 is 0 Å². The number of hydrogen-bond donors (Lipinski definition) is 1. The molecule has 13 heavy (non-hydrogen) atoms. The van der Waals surface area contributed by atoms with Gasteiger partial charge in [0.1, 0.15) is 5.01 Å². The van der Waals surface area contributed by atoms with Gasteiger partial charge in [0.15, 0.2) is 4.34 Å². The van der Waals surface area contributed by atoms with E-state index in [9.17, 15) is 0 Å². The molecule has 0 unspecified atom stereocenters. The molecule has 0 aliphatic carbocycles. The van der Waals surface area contributed by atoms with Crippen LogP contribution in [0.15, 0.2) is 16.7 Å². The minimum absolute atomic E-state index is 0.894. The number of thioether (sulfide) groups is 1. The van der Waals surface area contributed by atoms with E-state index in [2.05, 4.69) is 20.4 Å². The number of hydrogen-bond acceptors (Lipinski definition) is 5. The van der Waals surface area contributed by atoms with E-state index in [1.165, 1.54) is 5.56 Å². The summed E-state index contributed by atoms with van der Waals surface area (Å²) >= 11 is 3.30. The van der Waals surface area contributed by atoms with Crippen molar-refractivity contribution in [1.82, 2.24) is 20.4 Å². The maximum atomic E-state index is 4.02. The molecule has 1 N–H and O–H groups in total. The van der Waals surface area contributed by atoms with E-state index in [0.29, 0.717) is 0 Å². The van der Waals surface area contributed by atoms with E-state index in [1.807, 2.05) is 19.3 Å². The fraction of sp³-hybridized carbons (Fsp3) is 0.286. The topological polar surface area (TPSA) is 54.5 Å². The molecule has 0 bridgehead atoms. The lowest BCUT2D eigenvalue weighted by Crippen LogP contribution is -1.75. The van der Waals surface area contributed by atoms with Crippen LogP contribution in [0.3, 0.4) is 0 Å². The van der Waals surface area contributed by atoms with E-state index < -0.39 is 0 Å². The second-order valence-electron chi connectivity index (χ2n) is 2.48. The first-order valence-corrected chi connectivity index (χ1v) is 5.55. The Hall–Kier alpha value is -0.880. The Labute approximate surface area is 83.8 Å². The van der Waals surface area contributed by atoms with Crippen molar-refractivity contribution in [1.29, 1.82) is 0 Å². The summed E-state index contributed by atoms with van der Waals surface area (Å²) < 4.78 is 1.01.